The summed E-state index contributed by atoms with van der Waals surface area (Å²) in [6.45, 7) is 3.54. The number of fused-ring (bicyclic) bond motifs is 2. The third-order valence-electron chi connectivity index (χ3n) is 5.24. The number of carbonyl (C=O) groups is 2. The summed E-state index contributed by atoms with van der Waals surface area (Å²) in [5.41, 5.74) is 3.20. The van der Waals surface area contributed by atoms with Gasteiger partial charge in [0.25, 0.3) is 5.91 Å². The van der Waals surface area contributed by atoms with E-state index >= 15 is 0 Å². The van der Waals surface area contributed by atoms with Crippen molar-refractivity contribution in [2.75, 3.05) is 20.2 Å². The molecule has 1 aromatic carbocycles. The van der Waals surface area contributed by atoms with Crippen LogP contribution in [0.15, 0.2) is 35.7 Å². The van der Waals surface area contributed by atoms with Crippen molar-refractivity contribution in [3.8, 4) is 5.75 Å². The fourth-order valence-corrected chi connectivity index (χ4v) is 4.49. The molecule has 150 valence electrons. The van der Waals surface area contributed by atoms with Crippen LogP contribution < -0.4 is 10.1 Å². The summed E-state index contributed by atoms with van der Waals surface area (Å²) < 4.78 is 5.23. The van der Waals surface area contributed by atoms with Gasteiger partial charge in [-0.2, -0.15) is 0 Å². The van der Waals surface area contributed by atoms with Gasteiger partial charge in [0, 0.05) is 42.4 Å². The van der Waals surface area contributed by atoms with Crippen molar-refractivity contribution in [1.29, 1.82) is 0 Å². The zero-order valence-electron chi connectivity index (χ0n) is 16.5. The number of ether oxygens (including phenoxy) is 1. The van der Waals surface area contributed by atoms with Crippen molar-refractivity contribution >= 4 is 34.1 Å². The number of carbonyl (C=O) groups excluding carboxylic acids is 2. The van der Waals surface area contributed by atoms with Gasteiger partial charge in [0.05, 0.1) is 23.9 Å². The number of benzene rings is 1. The predicted molar refractivity (Wildman–Crippen MR) is 113 cm³/mol. The summed E-state index contributed by atoms with van der Waals surface area (Å²) in [5, 5.41) is 5.81. The van der Waals surface area contributed by atoms with Crippen molar-refractivity contribution in [3.05, 3.63) is 57.4 Å². The summed E-state index contributed by atoms with van der Waals surface area (Å²) in [4.78, 5) is 32.9. The molecule has 0 saturated carbocycles. The van der Waals surface area contributed by atoms with E-state index in [1.54, 1.807) is 18.4 Å². The van der Waals surface area contributed by atoms with Gasteiger partial charge in [-0.25, -0.2) is 0 Å². The summed E-state index contributed by atoms with van der Waals surface area (Å²) >= 11 is 1.75. The smallest absolute Gasteiger partial charge is 0.253 e. The SMILES string of the molecule is COc1ccc2cc(C(=O)NCCC(=O)N3CCc4sccc4C3)c(C)nc2c1. The number of methoxy groups -OCH3 is 1. The zero-order chi connectivity index (χ0) is 20.4. The van der Waals surface area contributed by atoms with E-state index < -0.39 is 0 Å². The molecule has 29 heavy (non-hydrogen) atoms. The molecule has 0 atom stereocenters. The molecule has 0 aliphatic carbocycles. The molecule has 1 N–H and O–H groups in total. The topological polar surface area (TPSA) is 71.5 Å². The maximum Gasteiger partial charge on any atom is 0.253 e. The first-order valence-corrected chi connectivity index (χ1v) is 10.5. The van der Waals surface area contributed by atoms with Gasteiger partial charge in [-0.05, 0) is 48.6 Å². The molecule has 1 aliphatic heterocycles. The van der Waals surface area contributed by atoms with Crippen LogP contribution in [0.3, 0.4) is 0 Å². The van der Waals surface area contributed by atoms with Crippen molar-refractivity contribution in [3.63, 3.8) is 0 Å². The second-order valence-electron chi connectivity index (χ2n) is 7.12. The van der Waals surface area contributed by atoms with E-state index in [1.807, 2.05) is 36.1 Å². The Hall–Kier alpha value is -2.93. The number of aromatic nitrogens is 1. The van der Waals surface area contributed by atoms with E-state index in [2.05, 4.69) is 21.7 Å². The molecule has 0 radical (unpaired) electrons. The molecule has 4 rings (SSSR count). The third kappa shape index (κ3) is 4.10. The molecule has 0 unspecified atom stereocenters. The molecule has 2 amide bonds. The van der Waals surface area contributed by atoms with E-state index in [4.69, 9.17) is 4.74 Å². The molecular formula is C22H23N3O3S. The van der Waals surface area contributed by atoms with Gasteiger partial charge in [-0.15, -0.1) is 11.3 Å². The van der Waals surface area contributed by atoms with E-state index in [0.717, 1.165) is 29.6 Å². The standard InChI is InChI=1S/C22H23N3O3S/c1-14-18(11-15-3-4-17(28-2)12-19(15)24-14)22(27)23-8-5-21(26)25-9-6-20-16(13-25)7-10-29-20/h3-4,7,10-12H,5-6,8-9,13H2,1-2H3,(H,23,27). The number of nitrogens with one attached hydrogen (secondary N) is 1. The molecule has 0 saturated heterocycles. The lowest BCUT2D eigenvalue weighted by molar-refractivity contribution is -0.131. The minimum absolute atomic E-state index is 0.0719. The highest BCUT2D eigenvalue weighted by atomic mass is 32.1. The fraction of sp³-hybridized carbons (Fsp3) is 0.318. The van der Waals surface area contributed by atoms with Crippen LogP contribution in [0.2, 0.25) is 0 Å². The normalized spacial score (nSPS) is 13.2. The fourth-order valence-electron chi connectivity index (χ4n) is 3.60. The molecule has 3 aromatic rings. The lowest BCUT2D eigenvalue weighted by Gasteiger charge is -2.27. The van der Waals surface area contributed by atoms with E-state index in [0.29, 0.717) is 30.8 Å². The van der Waals surface area contributed by atoms with Crippen LogP contribution in [0.5, 0.6) is 5.75 Å². The van der Waals surface area contributed by atoms with Crippen LogP contribution in [0.4, 0.5) is 0 Å². The van der Waals surface area contributed by atoms with Crippen LogP contribution in [0.25, 0.3) is 10.9 Å². The van der Waals surface area contributed by atoms with Crippen LogP contribution >= 0.6 is 11.3 Å². The lowest BCUT2D eigenvalue weighted by atomic mass is 10.1. The molecule has 1 aliphatic rings. The summed E-state index contributed by atoms with van der Waals surface area (Å²) in [5.74, 6) is 0.592. The summed E-state index contributed by atoms with van der Waals surface area (Å²) in [6, 6.07) is 9.50. The molecule has 0 spiro atoms. The number of aryl methyl sites for hydroxylation is 1. The van der Waals surface area contributed by atoms with Crippen molar-refractivity contribution in [2.45, 2.75) is 26.3 Å². The van der Waals surface area contributed by atoms with Gasteiger partial charge in [0.15, 0.2) is 0 Å². The highest BCUT2D eigenvalue weighted by molar-refractivity contribution is 7.10. The molecule has 3 heterocycles. The van der Waals surface area contributed by atoms with Crippen LogP contribution in [0.1, 0.15) is 32.9 Å². The second-order valence-corrected chi connectivity index (χ2v) is 8.12. The number of nitrogens with zero attached hydrogens (tertiary/aromatic N) is 2. The zero-order valence-corrected chi connectivity index (χ0v) is 17.3. The first kappa shape index (κ1) is 19.4. The molecule has 0 fully saturated rings. The highest BCUT2D eigenvalue weighted by Crippen LogP contribution is 2.24. The molecule has 2 aromatic heterocycles. The number of hydrogen-bond acceptors (Lipinski definition) is 5. The number of hydrogen-bond donors (Lipinski definition) is 1. The lowest BCUT2D eigenvalue weighted by Crippen LogP contribution is -2.37. The van der Waals surface area contributed by atoms with Gasteiger partial charge in [0.2, 0.25) is 5.91 Å². The van der Waals surface area contributed by atoms with Crippen LogP contribution in [0, 0.1) is 6.92 Å². The largest absolute Gasteiger partial charge is 0.497 e. The van der Waals surface area contributed by atoms with E-state index in [-0.39, 0.29) is 11.8 Å². The Balaban J connectivity index is 1.36. The quantitative estimate of drug-likeness (QED) is 0.702. The Labute approximate surface area is 173 Å². The van der Waals surface area contributed by atoms with Crippen molar-refractivity contribution in [2.24, 2.45) is 0 Å². The maximum absolute atomic E-state index is 12.6. The predicted octanol–water partition coefficient (Wildman–Crippen LogP) is 3.32. The summed E-state index contributed by atoms with van der Waals surface area (Å²) in [6.07, 6.45) is 1.21. The molecular weight excluding hydrogens is 386 g/mol. The Morgan fingerprint density at radius 2 is 2.14 bits per heavy atom. The minimum atomic E-state index is -0.209. The molecule has 0 bridgehead atoms. The van der Waals surface area contributed by atoms with Gasteiger partial charge in [0.1, 0.15) is 5.75 Å². The average molecular weight is 410 g/mol. The number of thiophene rings is 1. The van der Waals surface area contributed by atoms with Crippen molar-refractivity contribution in [1.82, 2.24) is 15.2 Å². The number of pyridine rings is 1. The van der Waals surface area contributed by atoms with E-state index in [9.17, 15) is 9.59 Å². The first-order valence-electron chi connectivity index (χ1n) is 9.62. The Morgan fingerprint density at radius 1 is 1.28 bits per heavy atom. The van der Waals surface area contributed by atoms with Gasteiger partial charge in [-0.1, -0.05) is 0 Å². The van der Waals surface area contributed by atoms with Crippen LogP contribution in [-0.2, 0) is 17.8 Å². The van der Waals surface area contributed by atoms with E-state index in [1.165, 1.54) is 10.4 Å². The Kier molecular flexibility index (Phi) is 5.49. The number of amides is 2. The summed E-state index contributed by atoms with van der Waals surface area (Å²) in [7, 11) is 1.61. The second kappa shape index (κ2) is 8.21. The highest BCUT2D eigenvalue weighted by Gasteiger charge is 2.21. The molecule has 7 heteroatoms. The van der Waals surface area contributed by atoms with Gasteiger partial charge < -0.3 is 15.0 Å². The van der Waals surface area contributed by atoms with Gasteiger partial charge >= 0.3 is 0 Å². The van der Waals surface area contributed by atoms with Crippen LogP contribution in [-0.4, -0.2) is 41.9 Å². The monoisotopic (exact) mass is 409 g/mol. The maximum atomic E-state index is 12.6. The number of rotatable bonds is 5. The van der Waals surface area contributed by atoms with Gasteiger partial charge in [-0.3, -0.25) is 14.6 Å². The van der Waals surface area contributed by atoms with Crippen molar-refractivity contribution < 1.29 is 14.3 Å². The Bertz CT molecular complexity index is 1080. The molecule has 6 nitrogen and oxygen atoms in total. The third-order valence-corrected chi connectivity index (χ3v) is 6.27. The average Bonchev–Trinajstić information content (AvgIpc) is 3.20. The Morgan fingerprint density at radius 3 is 2.97 bits per heavy atom. The first-order chi connectivity index (χ1) is 14.0. The minimum Gasteiger partial charge on any atom is -0.497 e.